The van der Waals surface area contributed by atoms with E-state index in [2.05, 4.69) is 22.3 Å². The van der Waals surface area contributed by atoms with E-state index in [1.54, 1.807) is 0 Å². The first-order chi connectivity index (χ1) is 14.1. The molecule has 2 saturated heterocycles. The van der Waals surface area contributed by atoms with E-state index in [1.807, 2.05) is 24.3 Å². The van der Waals surface area contributed by atoms with Crippen molar-refractivity contribution in [2.45, 2.75) is 43.6 Å². The average Bonchev–Trinajstić information content (AvgIpc) is 3.13. The molecule has 6 heteroatoms. The highest BCUT2D eigenvalue weighted by atomic mass is 35.5. The molecule has 3 aliphatic rings. The van der Waals surface area contributed by atoms with Gasteiger partial charge >= 0.3 is 0 Å². The largest absolute Gasteiger partial charge is 0.392 e. The van der Waals surface area contributed by atoms with Crippen LogP contribution in [0.25, 0.3) is 0 Å². The fraction of sp³-hybridized carbons (Fsp3) is 0.478. The van der Waals surface area contributed by atoms with Crippen LogP contribution in [0.3, 0.4) is 0 Å². The summed E-state index contributed by atoms with van der Waals surface area (Å²) in [5.74, 6) is -0.122. The number of benzene rings is 2. The number of halogens is 2. The van der Waals surface area contributed by atoms with Crippen LogP contribution < -0.4 is 5.32 Å². The quantitative estimate of drug-likeness (QED) is 0.770. The highest BCUT2D eigenvalue weighted by Crippen LogP contribution is 2.51. The molecule has 3 heterocycles. The van der Waals surface area contributed by atoms with Crippen molar-refractivity contribution in [1.29, 1.82) is 0 Å². The number of rotatable bonds is 3. The van der Waals surface area contributed by atoms with E-state index in [0.29, 0.717) is 17.3 Å². The molecule has 5 rings (SSSR count). The minimum Gasteiger partial charge on any atom is -0.392 e. The first kappa shape index (κ1) is 19.3. The lowest BCUT2D eigenvalue weighted by molar-refractivity contribution is -0.102. The summed E-state index contributed by atoms with van der Waals surface area (Å²) in [5, 5.41) is 13.7. The standard InChI is InChI=1S/C23H26ClFN2O2/c24-15-10-19-22(20(25)11-15)26-21(14-4-2-1-3-5-14)18-7-6-17(29-23(18)19)13-27-9-8-16(28)12-27/h1-5,10-11,16-18,21,23,26,28H,6-9,12-13H2/t16-,17-,18+,21+,23+/m1/s1. The smallest absolute Gasteiger partial charge is 0.148 e. The molecule has 0 bridgehead atoms. The van der Waals surface area contributed by atoms with Crippen molar-refractivity contribution in [3.05, 3.63) is 64.4 Å². The molecule has 29 heavy (non-hydrogen) atoms. The predicted octanol–water partition coefficient (Wildman–Crippen LogP) is 4.55. The number of hydrogen-bond acceptors (Lipinski definition) is 4. The van der Waals surface area contributed by atoms with Crippen molar-refractivity contribution >= 4 is 17.3 Å². The van der Waals surface area contributed by atoms with Crippen LogP contribution >= 0.6 is 11.6 Å². The van der Waals surface area contributed by atoms with Gasteiger partial charge in [-0.2, -0.15) is 0 Å². The topological polar surface area (TPSA) is 44.7 Å². The molecule has 154 valence electrons. The maximum absolute atomic E-state index is 14.8. The van der Waals surface area contributed by atoms with Gasteiger partial charge in [-0.25, -0.2) is 4.39 Å². The minimum absolute atomic E-state index is 0.000987. The van der Waals surface area contributed by atoms with Crippen LogP contribution in [0.5, 0.6) is 0 Å². The summed E-state index contributed by atoms with van der Waals surface area (Å²) in [5.41, 5.74) is 2.47. The Labute approximate surface area is 175 Å². The Morgan fingerprint density at radius 3 is 2.76 bits per heavy atom. The summed E-state index contributed by atoms with van der Waals surface area (Å²) >= 11 is 6.20. The van der Waals surface area contributed by atoms with E-state index in [0.717, 1.165) is 43.5 Å². The van der Waals surface area contributed by atoms with Crippen LogP contribution in [0.2, 0.25) is 5.02 Å². The SMILES string of the molecule is O[C@@H]1CCN(C[C@H]2CC[C@@H]3[C@H](O2)c2cc(Cl)cc(F)c2N[C@H]3c2ccccc2)C1. The normalized spacial score (nSPS) is 31.8. The zero-order valence-corrected chi connectivity index (χ0v) is 17.0. The van der Waals surface area contributed by atoms with Gasteiger partial charge in [0.05, 0.1) is 30.0 Å². The summed E-state index contributed by atoms with van der Waals surface area (Å²) in [4.78, 5) is 2.27. The Morgan fingerprint density at radius 1 is 1.17 bits per heavy atom. The molecule has 0 saturated carbocycles. The molecular formula is C23H26ClFN2O2. The highest BCUT2D eigenvalue weighted by molar-refractivity contribution is 6.30. The third-order valence-electron chi connectivity index (χ3n) is 6.54. The molecule has 5 atom stereocenters. The van der Waals surface area contributed by atoms with E-state index in [4.69, 9.17) is 16.3 Å². The minimum atomic E-state index is -0.333. The number of β-amino-alcohol motifs (C(OH)–C–C–N with tert-alkyl or cyclic N) is 1. The molecule has 2 aromatic rings. The fourth-order valence-electron chi connectivity index (χ4n) is 5.18. The molecule has 0 unspecified atom stereocenters. The van der Waals surface area contributed by atoms with Crippen molar-refractivity contribution < 1.29 is 14.2 Å². The van der Waals surface area contributed by atoms with E-state index in [9.17, 15) is 9.50 Å². The number of aliphatic hydroxyl groups excluding tert-OH is 1. The molecule has 4 nitrogen and oxygen atoms in total. The van der Waals surface area contributed by atoms with Crippen molar-refractivity contribution in [1.82, 2.24) is 4.90 Å². The van der Waals surface area contributed by atoms with Crippen LogP contribution in [-0.4, -0.2) is 41.8 Å². The number of aliphatic hydroxyl groups is 1. The number of hydrogen-bond donors (Lipinski definition) is 2. The van der Waals surface area contributed by atoms with Crippen LogP contribution in [0.4, 0.5) is 10.1 Å². The van der Waals surface area contributed by atoms with Crippen molar-refractivity contribution in [2.75, 3.05) is 25.0 Å². The molecule has 3 aliphatic heterocycles. The van der Waals surface area contributed by atoms with E-state index in [-0.39, 0.29) is 36.1 Å². The lowest BCUT2D eigenvalue weighted by atomic mass is 9.76. The Kier molecular flexibility index (Phi) is 5.25. The molecule has 0 aromatic heterocycles. The summed E-state index contributed by atoms with van der Waals surface area (Å²) in [7, 11) is 0. The van der Waals surface area contributed by atoms with E-state index < -0.39 is 0 Å². The average molecular weight is 417 g/mol. The lowest BCUT2D eigenvalue weighted by Gasteiger charge is -2.46. The van der Waals surface area contributed by atoms with Crippen LogP contribution in [0.1, 0.15) is 42.5 Å². The van der Waals surface area contributed by atoms with Crippen LogP contribution in [0.15, 0.2) is 42.5 Å². The Morgan fingerprint density at radius 2 is 2.00 bits per heavy atom. The number of anilines is 1. The highest BCUT2D eigenvalue weighted by Gasteiger charge is 2.43. The van der Waals surface area contributed by atoms with Gasteiger partial charge in [0.1, 0.15) is 5.82 Å². The molecule has 0 spiro atoms. The molecular weight excluding hydrogens is 391 g/mol. The maximum Gasteiger partial charge on any atom is 0.148 e. The number of nitrogens with zero attached hydrogens (tertiary/aromatic N) is 1. The summed E-state index contributed by atoms with van der Waals surface area (Å²) in [6.45, 7) is 2.42. The first-order valence-electron chi connectivity index (χ1n) is 10.4. The van der Waals surface area contributed by atoms with Gasteiger partial charge in [0, 0.05) is 36.1 Å². The number of likely N-dealkylation sites (tertiary alicyclic amines) is 1. The molecule has 0 aliphatic carbocycles. The molecule has 2 fully saturated rings. The Bertz CT molecular complexity index is 881. The molecule has 0 radical (unpaired) electrons. The third-order valence-corrected chi connectivity index (χ3v) is 6.76. The van der Waals surface area contributed by atoms with E-state index >= 15 is 0 Å². The van der Waals surface area contributed by atoms with Gasteiger partial charge in [-0.15, -0.1) is 0 Å². The summed E-state index contributed by atoms with van der Waals surface area (Å²) in [6, 6.07) is 13.4. The van der Waals surface area contributed by atoms with Crippen molar-refractivity contribution in [2.24, 2.45) is 5.92 Å². The number of fused-ring (bicyclic) bond motifs is 3. The fourth-order valence-corrected chi connectivity index (χ4v) is 5.39. The number of nitrogens with one attached hydrogen (secondary N) is 1. The van der Waals surface area contributed by atoms with Gasteiger partial charge in [-0.05, 0) is 37.0 Å². The predicted molar refractivity (Wildman–Crippen MR) is 112 cm³/mol. The van der Waals surface area contributed by atoms with Crippen molar-refractivity contribution in [3.8, 4) is 0 Å². The first-order valence-corrected chi connectivity index (χ1v) is 10.8. The van der Waals surface area contributed by atoms with Gasteiger partial charge in [0.2, 0.25) is 0 Å². The number of ether oxygens (including phenoxy) is 1. The van der Waals surface area contributed by atoms with Gasteiger partial charge < -0.3 is 15.2 Å². The van der Waals surface area contributed by atoms with Crippen LogP contribution in [0, 0.1) is 11.7 Å². The monoisotopic (exact) mass is 416 g/mol. The van der Waals surface area contributed by atoms with Crippen LogP contribution in [-0.2, 0) is 4.74 Å². The Balaban J connectivity index is 1.45. The van der Waals surface area contributed by atoms with Gasteiger partial charge in [0.25, 0.3) is 0 Å². The third kappa shape index (κ3) is 3.77. The van der Waals surface area contributed by atoms with Gasteiger partial charge in [0.15, 0.2) is 0 Å². The lowest BCUT2D eigenvalue weighted by Crippen LogP contribution is -2.43. The van der Waals surface area contributed by atoms with Gasteiger partial charge in [-0.3, -0.25) is 4.90 Å². The second-order valence-corrected chi connectivity index (χ2v) is 8.94. The summed E-state index contributed by atoms with van der Waals surface area (Å²) < 4.78 is 21.4. The molecule has 2 aromatic carbocycles. The zero-order chi connectivity index (χ0) is 20.0. The van der Waals surface area contributed by atoms with Gasteiger partial charge in [-0.1, -0.05) is 41.9 Å². The second kappa shape index (κ2) is 7.88. The summed E-state index contributed by atoms with van der Waals surface area (Å²) in [6.07, 6.45) is 2.41. The maximum atomic E-state index is 14.8. The molecule has 0 amide bonds. The zero-order valence-electron chi connectivity index (χ0n) is 16.2. The second-order valence-electron chi connectivity index (χ2n) is 8.51. The van der Waals surface area contributed by atoms with E-state index in [1.165, 1.54) is 6.07 Å². The molecule has 2 N–H and O–H groups in total. The van der Waals surface area contributed by atoms with Crippen molar-refractivity contribution in [3.63, 3.8) is 0 Å². The Hall–Kier alpha value is -1.66.